The third kappa shape index (κ3) is 5.23. The summed E-state index contributed by atoms with van der Waals surface area (Å²) in [6, 6.07) is -0.0463. The number of nitrogens with two attached hydrogens (primary N) is 1. The van der Waals surface area contributed by atoms with E-state index < -0.39 is 0 Å². The summed E-state index contributed by atoms with van der Waals surface area (Å²) in [7, 11) is 0. The SMILES string of the molecule is NC(=O)[C@@H]1CCCN1.O=C1CCCNCC1. The minimum Gasteiger partial charge on any atom is -0.368 e. The van der Waals surface area contributed by atoms with Gasteiger partial charge in [0.15, 0.2) is 0 Å². The number of hydrogen-bond donors (Lipinski definition) is 3. The number of rotatable bonds is 1. The van der Waals surface area contributed by atoms with Gasteiger partial charge in [-0.05, 0) is 32.4 Å². The Balaban J connectivity index is 0.000000160. The molecule has 2 fully saturated rings. The number of ketones is 1. The zero-order valence-corrected chi connectivity index (χ0v) is 9.63. The first-order valence-electron chi connectivity index (χ1n) is 5.95. The highest BCUT2D eigenvalue weighted by Gasteiger charge is 2.18. The van der Waals surface area contributed by atoms with Crippen molar-refractivity contribution < 1.29 is 9.59 Å². The quantitative estimate of drug-likeness (QED) is 0.566. The number of primary amides is 1. The Morgan fingerprint density at radius 3 is 2.56 bits per heavy atom. The van der Waals surface area contributed by atoms with Crippen LogP contribution in [-0.2, 0) is 9.59 Å². The van der Waals surface area contributed by atoms with Gasteiger partial charge in [0, 0.05) is 19.4 Å². The molecule has 0 aromatic heterocycles. The molecule has 2 rings (SSSR count). The molecule has 5 nitrogen and oxygen atoms in total. The van der Waals surface area contributed by atoms with E-state index in [1.54, 1.807) is 0 Å². The van der Waals surface area contributed by atoms with E-state index in [4.69, 9.17) is 5.73 Å². The van der Waals surface area contributed by atoms with Crippen molar-refractivity contribution in [1.82, 2.24) is 10.6 Å². The number of amides is 1. The van der Waals surface area contributed by atoms with E-state index in [0.29, 0.717) is 5.78 Å². The Kier molecular flexibility index (Phi) is 6.03. The number of carbonyl (C=O) groups is 2. The maximum Gasteiger partial charge on any atom is 0.234 e. The molecule has 1 amide bonds. The molecule has 2 aliphatic heterocycles. The van der Waals surface area contributed by atoms with E-state index in [2.05, 4.69) is 10.6 Å². The van der Waals surface area contributed by atoms with Gasteiger partial charge in [-0.2, -0.15) is 0 Å². The highest BCUT2D eigenvalue weighted by atomic mass is 16.1. The van der Waals surface area contributed by atoms with Crippen molar-refractivity contribution >= 4 is 11.7 Å². The second-order valence-corrected chi connectivity index (χ2v) is 4.19. The van der Waals surface area contributed by atoms with Crippen LogP contribution in [-0.4, -0.2) is 37.4 Å². The van der Waals surface area contributed by atoms with E-state index in [1.165, 1.54) is 0 Å². The standard InChI is InChI=1S/C6H11NO.C5H10N2O/c8-6-2-1-4-7-5-3-6;6-5(8)4-2-1-3-7-4/h7H,1-5H2;4,7H,1-3H2,(H2,6,8)/t;4-/m.0/s1. The van der Waals surface area contributed by atoms with Crippen LogP contribution in [0.2, 0.25) is 0 Å². The molecule has 0 radical (unpaired) electrons. The highest BCUT2D eigenvalue weighted by Crippen LogP contribution is 2.02. The zero-order chi connectivity index (χ0) is 11.8. The van der Waals surface area contributed by atoms with Gasteiger partial charge in [-0.3, -0.25) is 9.59 Å². The van der Waals surface area contributed by atoms with E-state index in [-0.39, 0.29) is 11.9 Å². The van der Waals surface area contributed by atoms with Crippen LogP contribution in [0.5, 0.6) is 0 Å². The van der Waals surface area contributed by atoms with Crippen molar-refractivity contribution in [2.75, 3.05) is 19.6 Å². The minimum atomic E-state index is -0.220. The lowest BCUT2D eigenvalue weighted by Gasteiger charge is -2.01. The maximum absolute atomic E-state index is 10.6. The largest absolute Gasteiger partial charge is 0.368 e. The molecule has 0 spiro atoms. The van der Waals surface area contributed by atoms with Crippen LogP contribution in [0, 0.1) is 0 Å². The fourth-order valence-electron chi connectivity index (χ4n) is 1.82. The highest BCUT2D eigenvalue weighted by molar-refractivity contribution is 5.80. The normalized spacial score (nSPS) is 25.5. The van der Waals surface area contributed by atoms with Gasteiger partial charge in [-0.1, -0.05) is 0 Å². The molecular formula is C11H21N3O2. The predicted molar refractivity (Wildman–Crippen MR) is 61.9 cm³/mol. The summed E-state index contributed by atoms with van der Waals surface area (Å²) in [5, 5.41) is 6.14. The van der Waals surface area contributed by atoms with E-state index in [0.717, 1.165) is 51.7 Å². The Morgan fingerprint density at radius 1 is 1.19 bits per heavy atom. The third-order valence-electron chi connectivity index (χ3n) is 2.79. The molecule has 0 aromatic rings. The maximum atomic E-state index is 10.6. The summed E-state index contributed by atoms with van der Waals surface area (Å²) in [4.78, 5) is 21.0. The molecule has 2 saturated heterocycles. The van der Waals surface area contributed by atoms with Crippen molar-refractivity contribution in [1.29, 1.82) is 0 Å². The molecule has 0 saturated carbocycles. The Labute approximate surface area is 96.1 Å². The Morgan fingerprint density at radius 2 is 2.00 bits per heavy atom. The molecule has 0 aromatic carbocycles. The van der Waals surface area contributed by atoms with Crippen LogP contribution in [0.25, 0.3) is 0 Å². The fraction of sp³-hybridized carbons (Fsp3) is 0.818. The lowest BCUT2D eigenvalue weighted by molar-refractivity contribution is -0.120. The predicted octanol–water partition coefficient (Wildman–Crippen LogP) is -0.447. The summed E-state index contributed by atoms with van der Waals surface area (Å²) < 4.78 is 0. The topological polar surface area (TPSA) is 84.2 Å². The summed E-state index contributed by atoms with van der Waals surface area (Å²) in [5.74, 6) is 0.192. The van der Waals surface area contributed by atoms with Gasteiger partial charge in [0.2, 0.25) is 5.91 Å². The first-order valence-corrected chi connectivity index (χ1v) is 5.95. The lowest BCUT2D eigenvalue weighted by Crippen LogP contribution is -2.36. The molecule has 16 heavy (non-hydrogen) atoms. The zero-order valence-electron chi connectivity index (χ0n) is 9.63. The fourth-order valence-corrected chi connectivity index (χ4v) is 1.82. The second kappa shape index (κ2) is 7.35. The number of hydrogen-bond acceptors (Lipinski definition) is 4. The molecule has 0 unspecified atom stereocenters. The van der Waals surface area contributed by atoms with Gasteiger partial charge in [0.05, 0.1) is 6.04 Å². The van der Waals surface area contributed by atoms with Crippen LogP contribution in [0.1, 0.15) is 32.1 Å². The molecule has 4 N–H and O–H groups in total. The van der Waals surface area contributed by atoms with E-state index >= 15 is 0 Å². The van der Waals surface area contributed by atoms with Gasteiger partial charge < -0.3 is 16.4 Å². The van der Waals surface area contributed by atoms with E-state index in [1.807, 2.05) is 0 Å². The average Bonchev–Trinajstić information content (AvgIpc) is 2.69. The Hall–Kier alpha value is -0.940. The molecule has 2 aliphatic rings. The number of nitrogens with one attached hydrogen (secondary N) is 2. The molecule has 0 aliphatic carbocycles. The monoisotopic (exact) mass is 227 g/mol. The van der Waals surface area contributed by atoms with Gasteiger partial charge >= 0.3 is 0 Å². The second-order valence-electron chi connectivity index (χ2n) is 4.19. The minimum absolute atomic E-state index is 0.0463. The summed E-state index contributed by atoms with van der Waals surface area (Å²) in [6.45, 7) is 2.85. The van der Waals surface area contributed by atoms with Crippen molar-refractivity contribution in [3.63, 3.8) is 0 Å². The van der Waals surface area contributed by atoms with Crippen LogP contribution < -0.4 is 16.4 Å². The summed E-state index contributed by atoms with van der Waals surface area (Å²) in [5.41, 5.74) is 5.00. The summed E-state index contributed by atoms with van der Waals surface area (Å²) >= 11 is 0. The van der Waals surface area contributed by atoms with Gasteiger partial charge in [0.1, 0.15) is 5.78 Å². The van der Waals surface area contributed by atoms with Crippen LogP contribution in [0.15, 0.2) is 0 Å². The molecule has 2 heterocycles. The first-order chi connectivity index (χ1) is 7.70. The average molecular weight is 227 g/mol. The van der Waals surface area contributed by atoms with Gasteiger partial charge in [-0.15, -0.1) is 0 Å². The number of Topliss-reactive ketones (excluding diaryl/α,β-unsaturated/α-hetero) is 1. The van der Waals surface area contributed by atoms with Crippen molar-refractivity contribution in [2.45, 2.75) is 38.1 Å². The summed E-state index contributed by atoms with van der Waals surface area (Å²) in [6.07, 6.45) is 4.54. The third-order valence-corrected chi connectivity index (χ3v) is 2.79. The molecule has 5 heteroatoms. The van der Waals surface area contributed by atoms with E-state index in [9.17, 15) is 9.59 Å². The van der Waals surface area contributed by atoms with Crippen LogP contribution in [0.4, 0.5) is 0 Å². The van der Waals surface area contributed by atoms with Crippen molar-refractivity contribution in [2.24, 2.45) is 5.73 Å². The number of carbonyl (C=O) groups excluding carboxylic acids is 2. The smallest absolute Gasteiger partial charge is 0.234 e. The van der Waals surface area contributed by atoms with Crippen molar-refractivity contribution in [3.8, 4) is 0 Å². The lowest BCUT2D eigenvalue weighted by atomic mass is 10.2. The first kappa shape index (κ1) is 13.1. The van der Waals surface area contributed by atoms with Crippen molar-refractivity contribution in [3.05, 3.63) is 0 Å². The van der Waals surface area contributed by atoms with Crippen LogP contribution in [0.3, 0.4) is 0 Å². The van der Waals surface area contributed by atoms with Gasteiger partial charge in [-0.25, -0.2) is 0 Å². The molecular weight excluding hydrogens is 206 g/mol. The molecule has 1 atom stereocenters. The molecule has 92 valence electrons. The van der Waals surface area contributed by atoms with Crippen LogP contribution >= 0.6 is 0 Å². The Bertz CT molecular complexity index is 225. The molecule has 0 bridgehead atoms. The van der Waals surface area contributed by atoms with Gasteiger partial charge in [0.25, 0.3) is 0 Å².